The summed E-state index contributed by atoms with van der Waals surface area (Å²) in [6.07, 6.45) is 2.31. The molecule has 1 aliphatic heterocycles. The number of fused-ring (bicyclic) bond motifs is 1. The van der Waals surface area contributed by atoms with Crippen molar-refractivity contribution < 1.29 is 18.4 Å². The molecule has 0 bridgehead atoms. The topological polar surface area (TPSA) is 101 Å². The summed E-state index contributed by atoms with van der Waals surface area (Å²) in [4.78, 5) is 27.3. The number of carbonyl (C=O) groups excluding carboxylic acids is 2. The van der Waals surface area contributed by atoms with Crippen molar-refractivity contribution in [1.29, 1.82) is 0 Å². The van der Waals surface area contributed by atoms with Crippen LogP contribution in [0.25, 0.3) is 11.7 Å². The van der Waals surface area contributed by atoms with Gasteiger partial charge in [-0.05, 0) is 36.8 Å². The van der Waals surface area contributed by atoms with E-state index in [1.165, 1.54) is 18.0 Å². The van der Waals surface area contributed by atoms with Gasteiger partial charge in [0.2, 0.25) is 11.8 Å². The SMILES string of the molecule is CCCN(Cc1nnc(-c2ccco2)o1)C(=O)c1ccc2c(c1)NC(=O)CS2. The van der Waals surface area contributed by atoms with Crippen LogP contribution in [0.1, 0.15) is 29.6 Å². The second-order valence-electron chi connectivity index (χ2n) is 6.25. The van der Waals surface area contributed by atoms with Crippen LogP contribution in [0.15, 0.2) is 50.3 Å². The van der Waals surface area contributed by atoms with E-state index in [1.54, 1.807) is 29.2 Å². The van der Waals surface area contributed by atoms with Crippen molar-refractivity contribution in [3.05, 3.63) is 48.0 Å². The third kappa shape index (κ3) is 3.79. The van der Waals surface area contributed by atoms with Crippen molar-refractivity contribution in [2.24, 2.45) is 0 Å². The van der Waals surface area contributed by atoms with Gasteiger partial charge in [-0.1, -0.05) is 6.92 Å². The molecule has 1 aromatic carbocycles. The van der Waals surface area contributed by atoms with Gasteiger partial charge in [0, 0.05) is 17.0 Å². The molecule has 1 aliphatic rings. The number of rotatable bonds is 6. The van der Waals surface area contributed by atoms with Gasteiger partial charge in [0.1, 0.15) is 0 Å². The minimum atomic E-state index is -0.160. The first-order chi connectivity index (χ1) is 13.6. The van der Waals surface area contributed by atoms with Gasteiger partial charge >= 0.3 is 0 Å². The van der Waals surface area contributed by atoms with Crippen LogP contribution >= 0.6 is 11.8 Å². The molecule has 2 aromatic heterocycles. The molecule has 0 unspecified atom stereocenters. The number of nitrogens with one attached hydrogen (secondary N) is 1. The second kappa shape index (κ2) is 7.89. The minimum absolute atomic E-state index is 0.0659. The Morgan fingerprint density at radius 2 is 2.21 bits per heavy atom. The molecule has 3 aromatic rings. The second-order valence-corrected chi connectivity index (χ2v) is 7.27. The summed E-state index contributed by atoms with van der Waals surface area (Å²) in [7, 11) is 0. The highest BCUT2D eigenvalue weighted by atomic mass is 32.2. The monoisotopic (exact) mass is 398 g/mol. The van der Waals surface area contributed by atoms with Crippen molar-refractivity contribution in [1.82, 2.24) is 15.1 Å². The van der Waals surface area contributed by atoms with Crippen LogP contribution in [0.5, 0.6) is 0 Å². The van der Waals surface area contributed by atoms with Gasteiger partial charge in [-0.25, -0.2) is 0 Å². The predicted molar refractivity (Wildman–Crippen MR) is 103 cm³/mol. The van der Waals surface area contributed by atoms with E-state index in [1.807, 2.05) is 13.0 Å². The Balaban J connectivity index is 1.53. The zero-order chi connectivity index (χ0) is 19.5. The number of hydrogen-bond acceptors (Lipinski definition) is 7. The van der Waals surface area contributed by atoms with Crippen LogP contribution in [0.2, 0.25) is 0 Å². The van der Waals surface area contributed by atoms with E-state index < -0.39 is 0 Å². The molecule has 28 heavy (non-hydrogen) atoms. The van der Waals surface area contributed by atoms with E-state index in [0.717, 1.165) is 11.3 Å². The molecule has 8 nitrogen and oxygen atoms in total. The zero-order valence-corrected chi connectivity index (χ0v) is 16.0. The molecule has 2 amide bonds. The Kier molecular flexibility index (Phi) is 5.16. The number of anilines is 1. The van der Waals surface area contributed by atoms with Gasteiger partial charge in [-0.15, -0.1) is 22.0 Å². The van der Waals surface area contributed by atoms with Crippen molar-refractivity contribution >= 4 is 29.3 Å². The zero-order valence-electron chi connectivity index (χ0n) is 15.2. The number of thioether (sulfide) groups is 1. The molecule has 0 aliphatic carbocycles. The third-order valence-corrected chi connectivity index (χ3v) is 5.24. The molecule has 0 fully saturated rings. The molecule has 0 spiro atoms. The highest BCUT2D eigenvalue weighted by Crippen LogP contribution is 2.32. The lowest BCUT2D eigenvalue weighted by Gasteiger charge is -2.22. The smallest absolute Gasteiger partial charge is 0.283 e. The van der Waals surface area contributed by atoms with Crippen molar-refractivity contribution in [2.45, 2.75) is 24.8 Å². The summed E-state index contributed by atoms with van der Waals surface area (Å²) in [5.41, 5.74) is 1.17. The summed E-state index contributed by atoms with van der Waals surface area (Å²) in [5, 5.41) is 10.8. The van der Waals surface area contributed by atoms with Crippen LogP contribution in [0.4, 0.5) is 5.69 Å². The van der Waals surface area contributed by atoms with Gasteiger partial charge in [0.25, 0.3) is 11.8 Å². The quantitative estimate of drug-likeness (QED) is 0.679. The van der Waals surface area contributed by atoms with Gasteiger partial charge in [0.05, 0.1) is 24.2 Å². The number of carbonyl (C=O) groups is 2. The van der Waals surface area contributed by atoms with E-state index in [4.69, 9.17) is 8.83 Å². The van der Waals surface area contributed by atoms with Crippen LogP contribution in [-0.2, 0) is 11.3 Å². The van der Waals surface area contributed by atoms with Crippen molar-refractivity contribution in [2.75, 3.05) is 17.6 Å². The van der Waals surface area contributed by atoms with Crippen molar-refractivity contribution in [3.63, 3.8) is 0 Å². The number of furan rings is 1. The molecular weight excluding hydrogens is 380 g/mol. The van der Waals surface area contributed by atoms with Crippen LogP contribution in [-0.4, -0.2) is 39.2 Å². The summed E-state index contributed by atoms with van der Waals surface area (Å²) < 4.78 is 10.9. The van der Waals surface area contributed by atoms with Crippen LogP contribution in [0, 0.1) is 0 Å². The summed E-state index contributed by atoms with van der Waals surface area (Å²) in [6.45, 7) is 2.72. The Morgan fingerprint density at radius 1 is 1.32 bits per heavy atom. The highest BCUT2D eigenvalue weighted by molar-refractivity contribution is 8.00. The van der Waals surface area contributed by atoms with E-state index in [-0.39, 0.29) is 24.2 Å². The van der Waals surface area contributed by atoms with Crippen LogP contribution in [0.3, 0.4) is 0 Å². The summed E-state index contributed by atoms with van der Waals surface area (Å²) >= 11 is 1.46. The maximum atomic E-state index is 13.0. The minimum Gasteiger partial charge on any atom is -0.459 e. The van der Waals surface area contributed by atoms with Crippen LogP contribution < -0.4 is 5.32 Å². The van der Waals surface area contributed by atoms with E-state index in [2.05, 4.69) is 15.5 Å². The number of benzene rings is 1. The third-order valence-electron chi connectivity index (χ3n) is 4.17. The fraction of sp³-hybridized carbons (Fsp3) is 0.263. The Bertz CT molecular complexity index is 999. The van der Waals surface area contributed by atoms with Gasteiger partial charge in [-0.3, -0.25) is 9.59 Å². The largest absolute Gasteiger partial charge is 0.459 e. The molecule has 0 saturated carbocycles. The number of aromatic nitrogens is 2. The Hall–Kier alpha value is -3.07. The molecule has 0 atom stereocenters. The molecular formula is C19H18N4O4S. The Morgan fingerprint density at radius 3 is 3.00 bits per heavy atom. The van der Waals surface area contributed by atoms with E-state index >= 15 is 0 Å². The molecule has 9 heteroatoms. The molecule has 0 saturated heterocycles. The lowest BCUT2D eigenvalue weighted by molar-refractivity contribution is -0.113. The average molecular weight is 398 g/mol. The standard InChI is InChI=1S/C19H18N4O4S/c1-2-7-23(10-17-21-22-18(27-17)14-4-3-8-26-14)19(25)12-5-6-15-13(9-12)20-16(24)11-28-15/h3-6,8-9H,2,7,10-11H2,1H3,(H,20,24). The molecule has 0 radical (unpaired) electrons. The van der Waals surface area contributed by atoms with Crippen molar-refractivity contribution in [3.8, 4) is 11.7 Å². The molecule has 3 heterocycles. The van der Waals surface area contributed by atoms with E-state index in [9.17, 15) is 9.59 Å². The van der Waals surface area contributed by atoms with Gasteiger partial charge < -0.3 is 19.1 Å². The summed E-state index contributed by atoms with van der Waals surface area (Å²) in [6, 6.07) is 8.81. The number of amides is 2. The fourth-order valence-corrected chi connectivity index (χ4v) is 3.69. The lowest BCUT2D eigenvalue weighted by Crippen LogP contribution is -2.31. The van der Waals surface area contributed by atoms with Gasteiger partial charge in [0.15, 0.2) is 5.76 Å². The maximum Gasteiger partial charge on any atom is 0.283 e. The lowest BCUT2D eigenvalue weighted by atomic mass is 10.1. The van der Waals surface area contributed by atoms with E-state index in [0.29, 0.717) is 35.2 Å². The first-order valence-corrected chi connectivity index (χ1v) is 9.85. The van der Waals surface area contributed by atoms with Gasteiger partial charge in [-0.2, -0.15) is 0 Å². The molecule has 4 rings (SSSR count). The number of nitrogens with zero attached hydrogens (tertiary/aromatic N) is 3. The highest BCUT2D eigenvalue weighted by Gasteiger charge is 2.22. The Labute approximate surface area is 165 Å². The number of hydrogen-bond donors (Lipinski definition) is 1. The normalized spacial score (nSPS) is 13.1. The first-order valence-electron chi connectivity index (χ1n) is 8.86. The summed E-state index contributed by atoms with van der Waals surface area (Å²) in [5.74, 6) is 1.25. The maximum absolute atomic E-state index is 13.0. The molecule has 1 N–H and O–H groups in total. The first kappa shape index (κ1) is 18.3. The fourth-order valence-electron chi connectivity index (χ4n) is 2.90. The molecule has 144 valence electrons. The average Bonchev–Trinajstić information content (AvgIpc) is 3.38. The predicted octanol–water partition coefficient (Wildman–Crippen LogP) is 3.43.